The fourth-order valence-electron chi connectivity index (χ4n) is 2.13. The van der Waals surface area contributed by atoms with E-state index in [-0.39, 0.29) is 25.6 Å². The van der Waals surface area contributed by atoms with E-state index in [0.717, 1.165) is 0 Å². The fraction of sp³-hybridized carbons (Fsp3) is 1.00. The minimum absolute atomic E-state index is 0.147. The Morgan fingerprint density at radius 3 is 2.65 bits per heavy atom. The molecule has 5 atom stereocenters. The SMILES string of the molecule is CC(C)C[C@H]1O[C@@H](C)[C@H](O)[C@@H]1OP(=O)([O-])OCCCO. The molecule has 0 bridgehead atoms. The molecule has 0 radical (unpaired) electrons. The van der Waals surface area contributed by atoms with Crippen molar-refractivity contribution >= 4 is 7.82 Å². The smallest absolute Gasteiger partial charge is 0.268 e. The van der Waals surface area contributed by atoms with Crippen LogP contribution in [-0.2, 0) is 18.3 Å². The van der Waals surface area contributed by atoms with E-state index in [1.54, 1.807) is 6.92 Å². The molecule has 1 heterocycles. The van der Waals surface area contributed by atoms with E-state index >= 15 is 0 Å². The summed E-state index contributed by atoms with van der Waals surface area (Å²) in [7, 11) is -4.52. The number of aliphatic hydroxyl groups is 2. The van der Waals surface area contributed by atoms with Gasteiger partial charge in [0.25, 0.3) is 7.82 Å². The highest BCUT2D eigenvalue weighted by atomic mass is 31.2. The van der Waals surface area contributed by atoms with E-state index in [9.17, 15) is 14.6 Å². The summed E-state index contributed by atoms with van der Waals surface area (Å²) in [6.07, 6.45) is -2.15. The van der Waals surface area contributed by atoms with Crippen molar-refractivity contribution in [1.29, 1.82) is 0 Å². The molecule has 0 aliphatic carbocycles. The van der Waals surface area contributed by atoms with E-state index < -0.39 is 32.2 Å². The van der Waals surface area contributed by atoms with Crippen LogP contribution in [0.25, 0.3) is 0 Å². The summed E-state index contributed by atoms with van der Waals surface area (Å²) in [5.41, 5.74) is 0. The first kappa shape index (κ1) is 18.0. The predicted molar refractivity (Wildman–Crippen MR) is 69.9 cm³/mol. The number of aliphatic hydroxyl groups excluding tert-OH is 2. The molecule has 0 aromatic carbocycles. The maximum atomic E-state index is 11.7. The third-order valence-corrected chi connectivity index (χ3v) is 4.08. The largest absolute Gasteiger partial charge is 0.756 e. The van der Waals surface area contributed by atoms with Gasteiger partial charge in [0.1, 0.15) is 12.2 Å². The molecule has 0 spiro atoms. The molecule has 120 valence electrons. The summed E-state index contributed by atoms with van der Waals surface area (Å²) >= 11 is 0. The number of phosphoric acid groups is 1. The van der Waals surface area contributed by atoms with Crippen molar-refractivity contribution in [2.45, 2.75) is 58.0 Å². The Bertz CT molecular complexity index is 334. The molecule has 1 unspecified atom stereocenters. The second-order valence-corrected chi connectivity index (χ2v) is 6.79. The van der Waals surface area contributed by atoms with E-state index in [1.807, 2.05) is 13.8 Å². The molecule has 1 aliphatic heterocycles. The Morgan fingerprint density at radius 1 is 1.45 bits per heavy atom. The van der Waals surface area contributed by atoms with E-state index in [0.29, 0.717) is 6.42 Å². The number of hydrogen-bond donors (Lipinski definition) is 2. The monoisotopic (exact) mass is 311 g/mol. The summed E-state index contributed by atoms with van der Waals surface area (Å²) in [5, 5.41) is 18.6. The molecule has 1 aliphatic rings. The average molecular weight is 311 g/mol. The van der Waals surface area contributed by atoms with Crippen molar-refractivity contribution in [3.8, 4) is 0 Å². The van der Waals surface area contributed by atoms with Gasteiger partial charge >= 0.3 is 0 Å². The zero-order chi connectivity index (χ0) is 15.3. The predicted octanol–water partition coefficient (Wildman–Crippen LogP) is 0.433. The van der Waals surface area contributed by atoms with Gasteiger partial charge in [-0.2, -0.15) is 0 Å². The van der Waals surface area contributed by atoms with E-state index in [4.69, 9.17) is 14.4 Å². The van der Waals surface area contributed by atoms with Gasteiger partial charge in [0.2, 0.25) is 0 Å². The van der Waals surface area contributed by atoms with Crippen molar-refractivity contribution in [2.24, 2.45) is 5.92 Å². The highest BCUT2D eigenvalue weighted by Gasteiger charge is 2.44. The lowest BCUT2D eigenvalue weighted by Gasteiger charge is -2.30. The highest BCUT2D eigenvalue weighted by molar-refractivity contribution is 7.45. The molecule has 0 aromatic rings. The molecule has 0 amide bonds. The van der Waals surface area contributed by atoms with Crippen molar-refractivity contribution in [3.63, 3.8) is 0 Å². The zero-order valence-electron chi connectivity index (χ0n) is 12.1. The zero-order valence-corrected chi connectivity index (χ0v) is 13.0. The molecule has 1 fully saturated rings. The Balaban J connectivity index is 2.63. The van der Waals surface area contributed by atoms with Crippen molar-refractivity contribution < 1.29 is 33.5 Å². The van der Waals surface area contributed by atoms with Crippen LogP contribution in [0, 0.1) is 5.92 Å². The second kappa shape index (κ2) is 7.84. The van der Waals surface area contributed by atoms with Crippen LogP contribution in [0.3, 0.4) is 0 Å². The fourth-order valence-corrected chi connectivity index (χ4v) is 3.10. The van der Waals surface area contributed by atoms with Gasteiger partial charge < -0.3 is 28.9 Å². The number of ether oxygens (including phenoxy) is 1. The summed E-state index contributed by atoms with van der Waals surface area (Å²) in [4.78, 5) is 11.7. The summed E-state index contributed by atoms with van der Waals surface area (Å²) < 4.78 is 26.8. The Labute approximate surface area is 119 Å². The Kier molecular flexibility index (Phi) is 7.08. The van der Waals surface area contributed by atoms with Gasteiger partial charge in [0, 0.05) is 6.61 Å². The van der Waals surface area contributed by atoms with E-state index in [1.165, 1.54) is 0 Å². The van der Waals surface area contributed by atoms with Crippen LogP contribution >= 0.6 is 7.82 Å². The third kappa shape index (κ3) is 5.41. The summed E-state index contributed by atoms with van der Waals surface area (Å²) in [6, 6.07) is 0. The van der Waals surface area contributed by atoms with Crippen molar-refractivity contribution in [1.82, 2.24) is 0 Å². The second-order valence-electron chi connectivity index (χ2n) is 5.43. The number of hydrogen-bond acceptors (Lipinski definition) is 7. The molecule has 1 saturated heterocycles. The first-order valence-electron chi connectivity index (χ1n) is 6.85. The summed E-state index contributed by atoms with van der Waals surface area (Å²) in [5.74, 6) is 0.282. The first-order valence-corrected chi connectivity index (χ1v) is 8.31. The van der Waals surface area contributed by atoms with Crippen molar-refractivity contribution in [2.75, 3.05) is 13.2 Å². The number of phosphoric ester groups is 1. The minimum Gasteiger partial charge on any atom is -0.756 e. The Hall–Kier alpha value is -0.0100. The van der Waals surface area contributed by atoms with Crippen LogP contribution in [0.1, 0.15) is 33.6 Å². The number of rotatable bonds is 8. The quantitative estimate of drug-likeness (QED) is 0.494. The van der Waals surface area contributed by atoms with Crippen molar-refractivity contribution in [3.05, 3.63) is 0 Å². The lowest BCUT2D eigenvalue weighted by Crippen LogP contribution is -2.36. The molecule has 2 N–H and O–H groups in total. The molecule has 7 nitrogen and oxygen atoms in total. The maximum Gasteiger partial charge on any atom is 0.268 e. The van der Waals surface area contributed by atoms with Crippen LogP contribution in [0.15, 0.2) is 0 Å². The Morgan fingerprint density at radius 2 is 2.10 bits per heavy atom. The van der Waals surface area contributed by atoms with Gasteiger partial charge in [-0.1, -0.05) is 13.8 Å². The van der Waals surface area contributed by atoms with Crippen LogP contribution in [0.4, 0.5) is 0 Å². The van der Waals surface area contributed by atoms with Gasteiger partial charge in [-0.3, -0.25) is 4.57 Å². The molecular formula is C12H24O7P-. The first-order chi connectivity index (χ1) is 9.26. The van der Waals surface area contributed by atoms with Crippen LogP contribution < -0.4 is 4.89 Å². The normalized spacial score (nSPS) is 33.5. The molecule has 1 rings (SSSR count). The standard InChI is InChI=1S/C12H25O7P/c1-8(2)7-10-12(11(14)9(3)18-10)19-20(15,16)17-6-4-5-13/h8-14H,4-7H2,1-3H3,(H,15,16)/p-1/t9-,10+,11-,12+/m0/s1. The summed E-state index contributed by atoms with van der Waals surface area (Å²) in [6.45, 7) is 5.31. The van der Waals surface area contributed by atoms with Crippen LogP contribution in [0.2, 0.25) is 0 Å². The molecule has 20 heavy (non-hydrogen) atoms. The van der Waals surface area contributed by atoms with Gasteiger partial charge in [-0.05, 0) is 25.7 Å². The van der Waals surface area contributed by atoms with Gasteiger partial charge in [0.05, 0.1) is 18.8 Å². The molecular weight excluding hydrogens is 287 g/mol. The van der Waals surface area contributed by atoms with Gasteiger partial charge in [-0.25, -0.2) is 0 Å². The lowest BCUT2D eigenvalue weighted by molar-refractivity contribution is -0.233. The maximum absolute atomic E-state index is 11.7. The molecule has 0 aromatic heterocycles. The van der Waals surface area contributed by atoms with E-state index in [2.05, 4.69) is 4.52 Å². The van der Waals surface area contributed by atoms with Gasteiger partial charge in [-0.15, -0.1) is 0 Å². The molecule has 0 saturated carbocycles. The lowest BCUT2D eigenvalue weighted by atomic mass is 10.00. The minimum atomic E-state index is -4.52. The van der Waals surface area contributed by atoms with Gasteiger partial charge in [0.15, 0.2) is 0 Å². The van der Waals surface area contributed by atoms with Crippen LogP contribution in [-0.4, -0.2) is 47.8 Å². The molecule has 8 heteroatoms. The third-order valence-electron chi connectivity index (χ3n) is 3.08. The average Bonchev–Trinajstić information content (AvgIpc) is 2.56. The highest BCUT2D eigenvalue weighted by Crippen LogP contribution is 2.44. The van der Waals surface area contributed by atoms with Crippen LogP contribution in [0.5, 0.6) is 0 Å². The topological polar surface area (TPSA) is 108 Å².